The normalized spacial score (nSPS) is 12.3. The van der Waals surface area contributed by atoms with Gasteiger partial charge in [-0.05, 0) is 22.9 Å². The number of hydrogen-bond acceptors (Lipinski definition) is 3. The summed E-state index contributed by atoms with van der Waals surface area (Å²) in [6, 6.07) is 13.5. The van der Waals surface area contributed by atoms with Crippen LogP contribution >= 0.6 is 0 Å². The van der Waals surface area contributed by atoms with E-state index in [1.807, 2.05) is 36.4 Å². The molecule has 0 aliphatic rings. The van der Waals surface area contributed by atoms with E-state index in [1.165, 1.54) is 0 Å². The average molecular weight is 246 g/mol. The van der Waals surface area contributed by atoms with E-state index >= 15 is 0 Å². The van der Waals surface area contributed by atoms with Crippen molar-refractivity contribution < 1.29 is 19.7 Å². The predicted molar refractivity (Wildman–Crippen MR) is 67.7 cm³/mol. The summed E-state index contributed by atoms with van der Waals surface area (Å²) >= 11 is 0. The highest BCUT2D eigenvalue weighted by atomic mass is 16.5. The molecule has 0 fully saturated rings. The van der Waals surface area contributed by atoms with Crippen LogP contribution in [0.2, 0.25) is 0 Å². The molecule has 2 N–H and O–H groups in total. The maximum atomic E-state index is 10.4. The molecule has 94 valence electrons. The van der Waals surface area contributed by atoms with Gasteiger partial charge in [0.25, 0.3) is 0 Å². The second-order valence-electron chi connectivity index (χ2n) is 4.07. The molecule has 2 aromatic carbocycles. The Morgan fingerprint density at radius 2 is 1.89 bits per heavy atom. The number of aliphatic hydroxyl groups is 1. The summed E-state index contributed by atoms with van der Waals surface area (Å²) in [4.78, 5) is 10.4. The van der Waals surface area contributed by atoms with Crippen LogP contribution in [0.25, 0.3) is 10.8 Å². The van der Waals surface area contributed by atoms with Crippen LogP contribution in [0.1, 0.15) is 6.42 Å². The third-order valence-corrected chi connectivity index (χ3v) is 2.57. The summed E-state index contributed by atoms with van der Waals surface area (Å²) in [7, 11) is 0. The molecule has 2 rings (SSSR count). The van der Waals surface area contributed by atoms with Gasteiger partial charge in [-0.3, -0.25) is 4.79 Å². The fourth-order valence-electron chi connectivity index (χ4n) is 1.71. The summed E-state index contributed by atoms with van der Waals surface area (Å²) in [5.41, 5.74) is 0. The van der Waals surface area contributed by atoms with E-state index < -0.39 is 12.1 Å². The van der Waals surface area contributed by atoms with Crippen molar-refractivity contribution in [1.29, 1.82) is 0 Å². The van der Waals surface area contributed by atoms with Gasteiger partial charge in [0.2, 0.25) is 0 Å². The third kappa shape index (κ3) is 3.21. The number of rotatable bonds is 5. The van der Waals surface area contributed by atoms with E-state index in [-0.39, 0.29) is 13.0 Å². The minimum absolute atomic E-state index is 0.0232. The quantitative estimate of drug-likeness (QED) is 0.847. The minimum Gasteiger partial charge on any atom is -0.491 e. The van der Waals surface area contributed by atoms with Crippen LogP contribution in [0.3, 0.4) is 0 Å². The summed E-state index contributed by atoms with van der Waals surface area (Å²) in [6.45, 7) is -0.0232. The number of aliphatic hydroxyl groups excluding tert-OH is 1. The summed E-state index contributed by atoms with van der Waals surface area (Å²) < 4.78 is 5.36. The van der Waals surface area contributed by atoms with Gasteiger partial charge in [0.1, 0.15) is 12.4 Å². The smallest absolute Gasteiger partial charge is 0.306 e. The lowest BCUT2D eigenvalue weighted by Crippen LogP contribution is -2.21. The lowest BCUT2D eigenvalue weighted by Gasteiger charge is -2.10. The minimum atomic E-state index is -1.04. The van der Waals surface area contributed by atoms with Gasteiger partial charge in [0.15, 0.2) is 0 Å². The number of hydrogen-bond donors (Lipinski definition) is 2. The van der Waals surface area contributed by atoms with E-state index in [2.05, 4.69) is 0 Å². The lowest BCUT2D eigenvalue weighted by molar-refractivity contribution is -0.139. The number of fused-ring (bicyclic) bond motifs is 1. The first-order chi connectivity index (χ1) is 8.65. The summed E-state index contributed by atoms with van der Waals surface area (Å²) in [5.74, 6) is -0.414. The Kier molecular flexibility index (Phi) is 3.79. The Hall–Kier alpha value is -2.07. The van der Waals surface area contributed by atoms with E-state index in [1.54, 1.807) is 6.07 Å². The molecule has 0 bridgehead atoms. The van der Waals surface area contributed by atoms with Crippen molar-refractivity contribution in [1.82, 2.24) is 0 Å². The van der Waals surface area contributed by atoms with Crippen LogP contribution in [0.15, 0.2) is 42.5 Å². The number of carboxylic acids is 1. The maximum Gasteiger partial charge on any atom is 0.306 e. The Morgan fingerprint density at radius 1 is 1.17 bits per heavy atom. The van der Waals surface area contributed by atoms with Crippen molar-refractivity contribution in [3.63, 3.8) is 0 Å². The molecular weight excluding hydrogens is 232 g/mol. The van der Waals surface area contributed by atoms with Crippen molar-refractivity contribution in [2.45, 2.75) is 12.5 Å². The molecule has 18 heavy (non-hydrogen) atoms. The highest BCUT2D eigenvalue weighted by Gasteiger charge is 2.10. The van der Waals surface area contributed by atoms with Crippen molar-refractivity contribution in [2.24, 2.45) is 0 Å². The fraction of sp³-hybridized carbons (Fsp3) is 0.214. The maximum absolute atomic E-state index is 10.4. The number of carbonyl (C=O) groups is 1. The van der Waals surface area contributed by atoms with E-state index in [0.717, 1.165) is 10.8 Å². The number of carboxylic acid groups (broad SMARTS) is 1. The molecule has 0 saturated carbocycles. The van der Waals surface area contributed by atoms with E-state index in [4.69, 9.17) is 9.84 Å². The van der Waals surface area contributed by atoms with E-state index in [0.29, 0.717) is 5.75 Å². The molecule has 0 heterocycles. The lowest BCUT2D eigenvalue weighted by atomic mass is 10.1. The molecule has 4 heteroatoms. The highest BCUT2D eigenvalue weighted by molar-refractivity contribution is 5.83. The van der Waals surface area contributed by atoms with Crippen LogP contribution < -0.4 is 4.74 Å². The molecular formula is C14H14O4. The van der Waals surface area contributed by atoms with Crippen molar-refractivity contribution in [2.75, 3.05) is 6.61 Å². The number of aliphatic carboxylic acids is 1. The number of benzene rings is 2. The first kappa shape index (κ1) is 12.4. The zero-order chi connectivity index (χ0) is 13.0. The van der Waals surface area contributed by atoms with E-state index in [9.17, 15) is 9.90 Å². The SMILES string of the molecule is O=C(O)C[C@H](O)COc1ccc2ccccc2c1. The molecule has 0 aliphatic carbocycles. The zero-order valence-corrected chi connectivity index (χ0v) is 9.74. The molecule has 0 aliphatic heterocycles. The monoisotopic (exact) mass is 246 g/mol. The van der Waals surface area contributed by atoms with Crippen LogP contribution in [0, 0.1) is 0 Å². The molecule has 0 unspecified atom stereocenters. The Balaban J connectivity index is 2.01. The van der Waals surface area contributed by atoms with Crippen molar-refractivity contribution >= 4 is 16.7 Å². The van der Waals surface area contributed by atoms with Crippen LogP contribution in [0.4, 0.5) is 0 Å². The first-order valence-corrected chi connectivity index (χ1v) is 5.66. The summed E-state index contributed by atoms with van der Waals surface area (Å²) in [5, 5.41) is 20.0. The van der Waals surface area contributed by atoms with Crippen LogP contribution in [-0.2, 0) is 4.79 Å². The van der Waals surface area contributed by atoms with Gasteiger partial charge in [0.05, 0.1) is 12.5 Å². The number of ether oxygens (including phenoxy) is 1. The van der Waals surface area contributed by atoms with Gasteiger partial charge < -0.3 is 14.9 Å². The molecule has 0 aromatic heterocycles. The molecule has 0 radical (unpaired) electrons. The van der Waals surface area contributed by atoms with Gasteiger partial charge in [-0.2, -0.15) is 0 Å². The Morgan fingerprint density at radius 3 is 2.61 bits per heavy atom. The highest BCUT2D eigenvalue weighted by Crippen LogP contribution is 2.20. The van der Waals surface area contributed by atoms with Gasteiger partial charge in [-0.25, -0.2) is 0 Å². The topological polar surface area (TPSA) is 66.8 Å². The predicted octanol–water partition coefficient (Wildman–Crippen LogP) is 2.05. The van der Waals surface area contributed by atoms with Crippen LogP contribution in [0.5, 0.6) is 5.75 Å². The third-order valence-electron chi connectivity index (χ3n) is 2.57. The summed E-state index contributed by atoms with van der Waals surface area (Å²) in [6.07, 6.45) is -1.30. The van der Waals surface area contributed by atoms with Gasteiger partial charge in [-0.1, -0.05) is 30.3 Å². The second kappa shape index (κ2) is 5.51. The zero-order valence-electron chi connectivity index (χ0n) is 9.74. The van der Waals surface area contributed by atoms with Crippen molar-refractivity contribution in [3.05, 3.63) is 42.5 Å². The van der Waals surface area contributed by atoms with Gasteiger partial charge in [-0.15, -0.1) is 0 Å². The molecule has 0 spiro atoms. The largest absolute Gasteiger partial charge is 0.491 e. The fourth-order valence-corrected chi connectivity index (χ4v) is 1.71. The average Bonchev–Trinajstić information content (AvgIpc) is 2.35. The Labute approximate surface area is 104 Å². The molecule has 2 aromatic rings. The first-order valence-electron chi connectivity index (χ1n) is 5.66. The molecule has 1 atom stereocenters. The molecule has 0 saturated heterocycles. The van der Waals surface area contributed by atoms with Gasteiger partial charge >= 0.3 is 5.97 Å². The molecule has 4 nitrogen and oxygen atoms in total. The van der Waals surface area contributed by atoms with Crippen molar-refractivity contribution in [3.8, 4) is 5.75 Å². The standard InChI is InChI=1S/C14H14O4/c15-12(8-14(16)17)9-18-13-6-5-10-3-1-2-4-11(10)7-13/h1-7,12,15H,8-9H2,(H,16,17)/t12-/m0/s1. The van der Waals surface area contributed by atoms with Gasteiger partial charge in [0, 0.05) is 0 Å². The Bertz CT molecular complexity index is 550. The molecule has 0 amide bonds. The van der Waals surface area contributed by atoms with Crippen LogP contribution in [-0.4, -0.2) is 28.9 Å². The second-order valence-corrected chi connectivity index (χ2v) is 4.07.